The van der Waals surface area contributed by atoms with Gasteiger partial charge in [0.25, 0.3) is 0 Å². The summed E-state index contributed by atoms with van der Waals surface area (Å²) in [6, 6.07) is 0. The van der Waals surface area contributed by atoms with Gasteiger partial charge in [0.05, 0.1) is 11.9 Å². The van der Waals surface area contributed by atoms with Gasteiger partial charge in [-0.25, -0.2) is 0 Å². The van der Waals surface area contributed by atoms with Crippen LogP contribution in [0.5, 0.6) is 0 Å². The van der Waals surface area contributed by atoms with Crippen molar-refractivity contribution in [2.24, 2.45) is 7.05 Å². The van der Waals surface area contributed by atoms with Crippen LogP contribution in [0.4, 0.5) is 5.69 Å². The molecule has 1 aromatic heterocycles. The van der Waals surface area contributed by atoms with Crippen LogP contribution in [0.2, 0.25) is 0 Å². The molecule has 1 heterocycles. The molecule has 4 heteroatoms. The molecule has 1 N–H and O–H groups in total. The standard InChI is InChI=1S/C8H14BrN3/c1-3-4-5-10-7-6-11-12(2)8(7)9/h6,10H,3-5H2,1-2H3. The number of hydrogen-bond acceptors (Lipinski definition) is 2. The van der Waals surface area contributed by atoms with E-state index in [0.717, 1.165) is 16.8 Å². The maximum absolute atomic E-state index is 4.10. The Morgan fingerprint density at radius 2 is 2.42 bits per heavy atom. The highest BCUT2D eigenvalue weighted by atomic mass is 79.9. The van der Waals surface area contributed by atoms with Crippen molar-refractivity contribution < 1.29 is 0 Å². The predicted octanol–water partition coefficient (Wildman–Crippen LogP) is 2.39. The Labute approximate surface area is 81.3 Å². The maximum Gasteiger partial charge on any atom is 0.126 e. The maximum atomic E-state index is 4.10. The van der Waals surface area contributed by atoms with Gasteiger partial charge in [0.2, 0.25) is 0 Å². The average Bonchev–Trinajstić information content (AvgIpc) is 2.36. The molecule has 0 amide bonds. The van der Waals surface area contributed by atoms with E-state index in [1.807, 2.05) is 13.2 Å². The van der Waals surface area contributed by atoms with Crippen LogP contribution in [-0.2, 0) is 7.05 Å². The van der Waals surface area contributed by atoms with Crippen LogP contribution in [-0.4, -0.2) is 16.3 Å². The van der Waals surface area contributed by atoms with Crippen molar-refractivity contribution in [3.8, 4) is 0 Å². The van der Waals surface area contributed by atoms with Crippen LogP contribution in [0.25, 0.3) is 0 Å². The summed E-state index contributed by atoms with van der Waals surface area (Å²) in [6.07, 6.45) is 4.24. The Morgan fingerprint density at radius 1 is 1.67 bits per heavy atom. The molecule has 0 unspecified atom stereocenters. The third-order valence-electron chi connectivity index (χ3n) is 1.71. The van der Waals surface area contributed by atoms with Gasteiger partial charge in [-0.05, 0) is 22.4 Å². The van der Waals surface area contributed by atoms with Crippen LogP contribution in [0.1, 0.15) is 19.8 Å². The van der Waals surface area contributed by atoms with E-state index in [-0.39, 0.29) is 0 Å². The molecule has 0 aromatic carbocycles. The van der Waals surface area contributed by atoms with Crippen LogP contribution in [0.3, 0.4) is 0 Å². The smallest absolute Gasteiger partial charge is 0.126 e. The summed E-state index contributed by atoms with van der Waals surface area (Å²) in [4.78, 5) is 0. The summed E-state index contributed by atoms with van der Waals surface area (Å²) in [6.45, 7) is 3.20. The van der Waals surface area contributed by atoms with Gasteiger partial charge < -0.3 is 5.32 Å². The van der Waals surface area contributed by atoms with Crippen molar-refractivity contribution in [3.63, 3.8) is 0 Å². The van der Waals surface area contributed by atoms with Crippen LogP contribution in [0, 0.1) is 0 Å². The first kappa shape index (κ1) is 9.58. The quantitative estimate of drug-likeness (QED) is 0.808. The summed E-state index contributed by atoms with van der Waals surface area (Å²) in [5, 5.41) is 7.41. The molecule has 1 aromatic rings. The molecule has 0 atom stereocenters. The fourth-order valence-corrected chi connectivity index (χ4v) is 1.28. The number of nitrogens with zero attached hydrogens (tertiary/aromatic N) is 2. The van der Waals surface area contributed by atoms with Gasteiger partial charge in [0.15, 0.2) is 0 Å². The van der Waals surface area contributed by atoms with Crippen molar-refractivity contribution in [2.75, 3.05) is 11.9 Å². The number of aromatic nitrogens is 2. The second-order valence-electron chi connectivity index (χ2n) is 2.75. The molecule has 0 saturated heterocycles. The molecule has 0 aliphatic heterocycles. The zero-order valence-electron chi connectivity index (χ0n) is 7.47. The summed E-state index contributed by atoms with van der Waals surface area (Å²) in [5.41, 5.74) is 1.07. The number of anilines is 1. The van der Waals surface area contributed by atoms with Crippen molar-refractivity contribution in [3.05, 3.63) is 10.8 Å². The molecular weight excluding hydrogens is 218 g/mol. The Balaban J connectivity index is 2.46. The van der Waals surface area contributed by atoms with Crippen LogP contribution < -0.4 is 5.32 Å². The van der Waals surface area contributed by atoms with E-state index in [1.54, 1.807) is 4.68 Å². The minimum Gasteiger partial charge on any atom is -0.382 e. The normalized spacial score (nSPS) is 10.2. The molecule has 3 nitrogen and oxygen atoms in total. The highest BCUT2D eigenvalue weighted by Crippen LogP contribution is 2.20. The average molecular weight is 232 g/mol. The van der Waals surface area contributed by atoms with Gasteiger partial charge in [-0.15, -0.1) is 0 Å². The largest absolute Gasteiger partial charge is 0.382 e. The molecule has 0 aliphatic carbocycles. The van der Waals surface area contributed by atoms with E-state index in [4.69, 9.17) is 0 Å². The molecule has 12 heavy (non-hydrogen) atoms. The Kier molecular flexibility index (Phi) is 3.59. The van der Waals surface area contributed by atoms with Gasteiger partial charge in [0, 0.05) is 13.6 Å². The van der Waals surface area contributed by atoms with Crippen molar-refractivity contribution >= 4 is 21.6 Å². The summed E-state index contributed by atoms with van der Waals surface area (Å²) in [5.74, 6) is 0. The van der Waals surface area contributed by atoms with Gasteiger partial charge in [-0.2, -0.15) is 5.10 Å². The first-order valence-electron chi connectivity index (χ1n) is 4.17. The van der Waals surface area contributed by atoms with E-state index in [9.17, 15) is 0 Å². The fourth-order valence-electron chi connectivity index (χ4n) is 0.941. The fraction of sp³-hybridized carbons (Fsp3) is 0.625. The molecule has 0 saturated carbocycles. The van der Waals surface area contributed by atoms with Gasteiger partial charge >= 0.3 is 0 Å². The minimum atomic E-state index is 1.01. The third-order valence-corrected chi connectivity index (χ3v) is 2.65. The summed E-state index contributed by atoms with van der Waals surface area (Å²) >= 11 is 3.44. The van der Waals surface area contributed by atoms with Gasteiger partial charge in [-0.3, -0.25) is 4.68 Å². The first-order valence-corrected chi connectivity index (χ1v) is 4.96. The first-order chi connectivity index (χ1) is 5.75. The van der Waals surface area contributed by atoms with Crippen molar-refractivity contribution in [2.45, 2.75) is 19.8 Å². The van der Waals surface area contributed by atoms with Gasteiger partial charge in [0.1, 0.15) is 4.60 Å². The van der Waals surface area contributed by atoms with Crippen LogP contribution >= 0.6 is 15.9 Å². The number of halogens is 1. The lowest BCUT2D eigenvalue weighted by atomic mass is 10.3. The van der Waals surface area contributed by atoms with E-state index >= 15 is 0 Å². The van der Waals surface area contributed by atoms with E-state index in [0.29, 0.717) is 0 Å². The number of aryl methyl sites for hydroxylation is 1. The predicted molar refractivity (Wildman–Crippen MR) is 54.3 cm³/mol. The molecule has 0 bridgehead atoms. The summed E-state index contributed by atoms with van der Waals surface area (Å²) < 4.78 is 2.81. The molecule has 0 spiro atoms. The van der Waals surface area contributed by atoms with Crippen LogP contribution in [0.15, 0.2) is 10.8 Å². The second kappa shape index (κ2) is 4.50. The Morgan fingerprint density at radius 3 is 2.92 bits per heavy atom. The molecule has 68 valence electrons. The highest BCUT2D eigenvalue weighted by molar-refractivity contribution is 9.10. The SMILES string of the molecule is CCCCNc1cnn(C)c1Br. The zero-order chi connectivity index (χ0) is 8.97. The lowest BCUT2D eigenvalue weighted by molar-refractivity contribution is 0.749. The molecule has 0 fully saturated rings. The molecule has 0 aliphatic rings. The molecule has 0 radical (unpaired) electrons. The lowest BCUT2D eigenvalue weighted by Gasteiger charge is -2.02. The molecule has 1 rings (SSSR count). The topological polar surface area (TPSA) is 29.9 Å². The lowest BCUT2D eigenvalue weighted by Crippen LogP contribution is -2.00. The number of unbranched alkanes of at least 4 members (excludes halogenated alkanes) is 1. The highest BCUT2D eigenvalue weighted by Gasteiger charge is 2.02. The Hall–Kier alpha value is -0.510. The van der Waals surface area contributed by atoms with E-state index in [1.165, 1.54) is 12.8 Å². The Bertz CT molecular complexity index is 244. The van der Waals surface area contributed by atoms with E-state index in [2.05, 4.69) is 33.3 Å². The second-order valence-corrected chi connectivity index (χ2v) is 3.50. The third kappa shape index (κ3) is 2.24. The minimum absolute atomic E-state index is 1.01. The summed E-state index contributed by atoms with van der Waals surface area (Å²) in [7, 11) is 1.91. The number of nitrogens with one attached hydrogen (secondary N) is 1. The van der Waals surface area contributed by atoms with E-state index < -0.39 is 0 Å². The number of rotatable bonds is 4. The van der Waals surface area contributed by atoms with Crippen molar-refractivity contribution in [1.29, 1.82) is 0 Å². The van der Waals surface area contributed by atoms with Gasteiger partial charge in [-0.1, -0.05) is 13.3 Å². The number of hydrogen-bond donors (Lipinski definition) is 1. The van der Waals surface area contributed by atoms with Crippen molar-refractivity contribution in [1.82, 2.24) is 9.78 Å². The monoisotopic (exact) mass is 231 g/mol. The molecular formula is C8H14BrN3. The zero-order valence-corrected chi connectivity index (χ0v) is 9.06.